The Morgan fingerprint density at radius 2 is 2.00 bits per heavy atom. The molecule has 0 aliphatic rings. The van der Waals surface area contributed by atoms with Crippen LogP contribution >= 0.6 is 12.6 Å². The fourth-order valence-corrected chi connectivity index (χ4v) is 1.06. The highest BCUT2D eigenvalue weighted by Crippen LogP contribution is 2.04. The molecular formula is C10H11FN2O2S. The van der Waals surface area contributed by atoms with Crippen LogP contribution in [-0.2, 0) is 12.4 Å². The lowest BCUT2D eigenvalue weighted by Gasteiger charge is -1.91. The third-order valence-corrected chi connectivity index (χ3v) is 2.01. The van der Waals surface area contributed by atoms with Crippen molar-refractivity contribution in [3.63, 3.8) is 0 Å². The lowest BCUT2D eigenvalue weighted by atomic mass is 10.2. The molecule has 0 aliphatic heterocycles. The van der Waals surface area contributed by atoms with Crippen molar-refractivity contribution in [1.82, 2.24) is 10.1 Å². The number of nitrogens with zero attached hydrogens (tertiary/aromatic N) is 2. The standard InChI is InChI=1S/C7H7FS.C3H4N2O2/c8-7-3-1-6(5-9)2-4-7;6-1-3-4-2-7-5-3/h1-4,9H,5H2;2,6H,1H2. The average molecular weight is 242 g/mol. The molecule has 0 spiro atoms. The minimum atomic E-state index is -0.194. The number of thiol groups is 1. The maximum atomic E-state index is 12.2. The Kier molecular flexibility index (Phi) is 5.52. The molecule has 0 saturated carbocycles. The summed E-state index contributed by atoms with van der Waals surface area (Å²) < 4.78 is 16.5. The van der Waals surface area contributed by atoms with Crippen LogP contribution in [0.5, 0.6) is 0 Å². The van der Waals surface area contributed by atoms with Crippen molar-refractivity contribution in [1.29, 1.82) is 0 Å². The number of halogens is 1. The first-order valence-electron chi connectivity index (χ1n) is 4.47. The van der Waals surface area contributed by atoms with E-state index in [1.807, 2.05) is 0 Å². The average Bonchev–Trinajstić information content (AvgIpc) is 2.84. The number of aliphatic hydroxyl groups is 1. The van der Waals surface area contributed by atoms with Crippen molar-refractivity contribution in [2.24, 2.45) is 0 Å². The number of hydrogen-bond acceptors (Lipinski definition) is 5. The molecule has 16 heavy (non-hydrogen) atoms. The van der Waals surface area contributed by atoms with Crippen LogP contribution in [0.25, 0.3) is 0 Å². The molecule has 1 heterocycles. The van der Waals surface area contributed by atoms with Crippen molar-refractivity contribution in [2.75, 3.05) is 0 Å². The molecule has 4 nitrogen and oxygen atoms in total. The minimum Gasteiger partial charge on any atom is -0.388 e. The van der Waals surface area contributed by atoms with Crippen LogP contribution in [0.15, 0.2) is 35.2 Å². The van der Waals surface area contributed by atoms with E-state index in [2.05, 4.69) is 27.3 Å². The second-order valence-electron chi connectivity index (χ2n) is 2.79. The number of benzene rings is 1. The quantitative estimate of drug-likeness (QED) is 0.789. The fraction of sp³-hybridized carbons (Fsp3) is 0.200. The SMILES string of the molecule is Fc1ccc(CS)cc1.OCc1ncon1. The summed E-state index contributed by atoms with van der Waals surface area (Å²) >= 11 is 4.02. The molecular weight excluding hydrogens is 231 g/mol. The molecule has 2 aromatic rings. The van der Waals surface area contributed by atoms with Gasteiger partial charge >= 0.3 is 0 Å². The second kappa shape index (κ2) is 6.97. The highest BCUT2D eigenvalue weighted by atomic mass is 32.1. The van der Waals surface area contributed by atoms with Crippen LogP contribution < -0.4 is 0 Å². The monoisotopic (exact) mass is 242 g/mol. The summed E-state index contributed by atoms with van der Waals surface area (Å²) in [6, 6.07) is 6.32. The molecule has 0 atom stereocenters. The van der Waals surface area contributed by atoms with Crippen LogP contribution in [0.4, 0.5) is 4.39 Å². The largest absolute Gasteiger partial charge is 0.388 e. The molecule has 0 fully saturated rings. The van der Waals surface area contributed by atoms with E-state index in [0.717, 1.165) is 5.56 Å². The van der Waals surface area contributed by atoms with E-state index in [-0.39, 0.29) is 12.4 Å². The van der Waals surface area contributed by atoms with E-state index in [9.17, 15) is 4.39 Å². The molecule has 0 amide bonds. The smallest absolute Gasteiger partial charge is 0.213 e. The van der Waals surface area contributed by atoms with Gasteiger partial charge in [0.05, 0.1) is 0 Å². The summed E-state index contributed by atoms with van der Waals surface area (Å²) in [7, 11) is 0. The van der Waals surface area contributed by atoms with Gasteiger partial charge in [-0.1, -0.05) is 17.3 Å². The van der Waals surface area contributed by atoms with E-state index in [1.165, 1.54) is 18.5 Å². The molecule has 0 aliphatic carbocycles. The van der Waals surface area contributed by atoms with E-state index < -0.39 is 0 Å². The molecule has 2 rings (SSSR count). The van der Waals surface area contributed by atoms with Gasteiger partial charge < -0.3 is 9.63 Å². The van der Waals surface area contributed by atoms with Gasteiger partial charge in [-0.15, -0.1) is 0 Å². The number of hydrogen-bond donors (Lipinski definition) is 2. The third kappa shape index (κ3) is 4.41. The van der Waals surface area contributed by atoms with Gasteiger partial charge in [-0.2, -0.15) is 17.6 Å². The summed E-state index contributed by atoms with van der Waals surface area (Å²) in [6.45, 7) is -0.156. The predicted octanol–water partition coefficient (Wildman–Crippen LogP) is 1.82. The van der Waals surface area contributed by atoms with Gasteiger partial charge in [0.2, 0.25) is 6.39 Å². The van der Waals surface area contributed by atoms with E-state index in [4.69, 9.17) is 5.11 Å². The first-order valence-corrected chi connectivity index (χ1v) is 5.11. The maximum Gasteiger partial charge on any atom is 0.213 e. The van der Waals surface area contributed by atoms with Crippen LogP contribution in [0.1, 0.15) is 11.4 Å². The van der Waals surface area contributed by atoms with Gasteiger partial charge in [0.15, 0.2) is 5.82 Å². The summed E-state index contributed by atoms with van der Waals surface area (Å²) in [5.74, 6) is 0.792. The van der Waals surface area contributed by atoms with Crippen LogP contribution in [0.3, 0.4) is 0 Å². The summed E-state index contributed by atoms with van der Waals surface area (Å²) in [5.41, 5.74) is 1.04. The Bertz CT molecular complexity index is 392. The van der Waals surface area contributed by atoms with Gasteiger partial charge in [-0.3, -0.25) is 0 Å². The van der Waals surface area contributed by atoms with E-state index >= 15 is 0 Å². The zero-order valence-corrected chi connectivity index (χ0v) is 9.27. The zero-order chi connectivity index (χ0) is 11.8. The van der Waals surface area contributed by atoms with Crippen LogP contribution in [0.2, 0.25) is 0 Å². The summed E-state index contributed by atoms with van der Waals surface area (Å²) in [6.07, 6.45) is 1.17. The summed E-state index contributed by atoms with van der Waals surface area (Å²) in [4.78, 5) is 3.51. The molecule has 1 N–H and O–H groups in total. The Hall–Kier alpha value is -1.40. The number of aromatic nitrogens is 2. The van der Waals surface area contributed by atoms with E-state index in [1.54, 1.807) is 12.1 Å². The van der Waals surface area contributed by atoms with Crippen molar-refractivity contribution >= 4 is 12.6 Å². The van der Waals surface area contributed by atoms with Crippen molar-refractivity contribution < 1.29 is 14.0 Å². The maximum absolute atomic E-state index is 12.2. The first-order chi connectivity index (χ1) is 7.76. The Balaban J connectivity index is 0.000000165. The molecule has 0 saturated heterocycles. The lowest BCUT2D eigenvalue weighted by Crippen LogP contribution is -1.82. The molecule has 1 aromatic heterocycles. The molecule has 0 unspecified atom stereocenters. The third-order valence-electron chi connectivity index (χ3n) is 1.64. The van der Waals surface area contributed by atoms with Gasteiger partial charge in [-0.25, -0.2) is 4.39 Å². The molecule has 1 aromatic carbocycles. The van der Waals surface area contributed by atoms with Gasteiger partial charge in [0.25, 0.3) is 0 Å². The van der Waals surface area contributed by atoms with Gasteiger partial charge in [-0.05, 0) is 17.7 Å². The van der Waals surface area contributed by atoms with Gasteiger partial charge in [0.1, 0.15) is 12.4 Å². The van der Waals surface area contributed by atoms with Crippen molar-refractivity contribution in [3.8, 4) is 0 Å². The minimum absolute atomic E-state index is 0.156. The first kappa shape index (κ1) is 12.7. The van der Waals surface area contributed by atoms with Crippen molar-refractivity contribution in [2.45, 2.75) is 12.4 Å². The Labute approximate surface area is 97.5 Å². The Morgan fingerprint density at radius 3 is 2.38 bits per heavy atom. The summed E-state index contributed by atoms with van der Waals surface area (Å²) in [5, 5.41) is 11.5. The lowest BCUT2D eigenvalue weighted by molar-refractivity contribution is 0.263. The Morgan fingerprint density at radius 1 is 1.31 bits per heavy atom. The second-order valence-corrected chi connectivity index (χ2v) is 3.11. The van der Waals surface area contributed by atoms with Crippen molar-refractivity contribution in [3.05, 3.63) is 47.9 Å². The zero-order valence-electron chi connectivity index (χ0n) is 8.38. The van der Waals surface area contributed by atoms with Crippen LogP contribution in [0, 0.1) is 5.82 Å². The normalized spacial score (nSPS) is 9.44. The predicted molar refractivity (Wildman–Crippen MR) is 59.3 cm³/mol. The molecule has 6 heteroatoms. The molecule has 86 valence electrons. The number of rotatable bonds is 2. The number of aliphatic hydroxyl groups excluding tert-OH is 1. The molecule has 0 bridgehead atoms. The highest BCUT2D eigenvalue weighted by molar-refractivity contribution is 7.79. The fourth-order valence-electron chi connectivity index (χ4n) is 0.852. The highest BCUT2D eigenvalue weighted by Gasteiger charge is 1.89. The topological polar surface area (TPSA) is 59.2 Å². The van der Waals surface area contributed by atoms with Crippen LogP contribution in [-0.4, -0.2) is 15.2 Å². The van der Waals surface area contributed by atoms with Gasteiger partial charge in [0, 0.05) is 5.75 Å². The molecule has 0 radical (unpaired) electrons. The van der Waals surface area contributed by atoms with E-state index in [0.29, 0.717) is 11.6 Å².